The SMILES string of the molecule is CCN(Cc1ccn(C2CCCC2)n1)CC(C)CN. The molecule has 2 rings (SSSR count). The van der Waals surface area contributed by atoms with E-state index in [0.29, 0.717) is 12.0 Å². The van der Waals surface area contributed by atoms with Crippen LogP contribution in [0.25, 0.3) is 0 Å². The fraction of sp³-hybridized carbons (Fsp3) is 0.800. The van der Waals surface area contributed by atoms with Crippen LogP contribution >= 0.6 is 0 Å². The van der Waals surface area contributed by atoms with E-state index in [2.05, 4.69) is 35.7 Å². The topological polar surface area (TPSA) is 47.1 Å². The van der Waals surface area contributed by atoms with Gasteiger partial charge in [-0.15, -0.1) is 0 Å². The lowest BCUT2D eigenvalue weighted by molar-refractivity contribution is 0.239. The molecule has 1 aliphatic carbocycles. The van der Waals surface area contributed by atoms with Gasteiger partial charge >= 0.3 is 0 Å². The van der Waals surface area contributed by atoms with E-state index in [4.69, 9.17) is 10.8 Å². The van der Waals surface area contributed by atoms with Gasteiger partial charge in [0, 0.05) is 19.3 Å². The predicted octanol–water partition coefficient (Wildman–Crippen LogP) is 2.41. The van der Waals surface area contributed by atoms with Gasteiger partial charge in [0.25, 0.3) is 0 Å². The van der Waals surface area contributed by atoms with E-state index >= 15 is 0 Å². The summed E-state index contributed by atoms with van der Waals surface area (Å²) < 4.78 is 2.18. The highest BCUT2D eigenvalue weighted by molar-refractivity contribution is 5.00. The maximum atomic E-state index is 5.71. The lowest BCUT2D eigenvalue weighted by atomic mass is 10.1. The molecule has 1 aliphatic rings. The molecule has 0 amide bonds. The fourth-order valence-electron chi connectivity index (χ4n) is 2.88. The molecule has 1 saturated carbocycles. The van der Waals surface area contributed by atoms with E-state index in [9.17, 15) is 0 Å². The van der Waals surface area contributed by atoms with Crippen LogP contribution in [0.15, 0.2) is 12.3 Å². The van der Waals surface area contributed by atoms with Crippen LogP contribution in [0.3, 0.4) is 0 Å². The second kappa shape index (κ2) is 7.06. The number of hydrogen-bond donors (Lipinski definition) is 1. The summed E-state index contributed by atoms with van der Waals surface area (Å²) in [6.07, 6.45) is 7.46. The van der Waals surface area contributed by atoms with Crippen LogP contribution in [0.2, 0.25) is 0 Å². The van der Waals surface area contributed by atoms with Crippen LogP contribution in [0.5, 0.6) is 0 Å². The summed E-state index contributed by atoms with van der Waals surface area (Å²) >= 11 is 0. The van der Waals surface area contributed by atoms with Crippen molar-refractivity contribution in [2.45, 2.75) is 52.1 Å². The number of rotatable bonds is 7. The number of hydrogen-bond acceptors (Lipinski definition) is 3. The molecule has 0 aliphatic heterocycles. The van der Waals surface area contributed by atoms with Gasteiger partial charge in [-0.3, -0.25) is 9.58 Å². The summed E-state index contributed by atoms with van der Waals surface area (Å²) in [7, 11) is 0. The normalized spacial score (nSPS) is 18.3. The van der Waals surface area contributed by atoms with Crippen LogP contribution in [0, 0.1) is 5.92 Å². The molecule has 1 unspecified atom stereocenters. The molecule has 1 fully saturated rings. The largest absolute Gasteiger partial charge is 0.330 e. The zero-order chi connectivity index (χ0) is 13.7. The molecule has 1 heterocycles. The van der Waals surface area contributed by atoms with Crippen molar-refractivity contribution in [2.24, 2.45) is 11.7 Å². The molecule has 108 valence electrons. The minimum atomic E-state index is 0.553. The van der Waals surface area contributed by atoms with Gasteiger partial charge in [0.05, 0.1) is 11.7 Å². The Bertz CT molecular complexity index is 368. The molecule has 4 nitrogen and oxygen atoms in total. The average Bonchev–Trinajstić information content (AvgIpc) is 3.08. The Morgan fingerprint density at radius 2 is 2.21 bits per heavy atom. The van der Waals surface area contributed by atoms with Crippen LogP contribution in [-0.4, -0.2) is 34.3 Å². The summed E-state index contributed by atoms with van der Waals surface area (Å²) in [5.41, 5.74) is 6.90. The molecule has 0 radical (unpaired) electrons. The number of nitrogens with zero attached hydrogens (tertiary/aromatic N) is 3. The third-order valence-corrected chi connectivity index (χ3v) is 4.17. The molecule has 0 aromatic carbocycles. The van der Waals surface area contributed by atoms with Crippen LogP contribution in [0.1, 0.15) is 51.3 Å². The zero-order valence-electron chi connectivity index (χ0n) is 12.4. The Labute approximate surface area is 117 Å². The van der Waals surface area contributed by atoms with E-state index in [0.717, 1.165) is 26.2 Å². The van der Waals surface area contributed by atoms with Crippen molar-refractivity contribution in [1.29, 1.82) is 0 Å². The molecule has 0 bridgehead atoms. The molecule has 1 aromatic rings. The quantitative estimate of drug-likeness (QED) is 0.822. The van der Waals surface area contributed by atoms with Crippen molar-refractivity contribution >= 4 is 0 Å². The molecule has 0 spiro atoms. The minimum Gasteiger partial charge on any atom is -0.330 e. The van der Waals surface area contributed by atoms with Crippen molar-refractivity contribution in [3.05, 3.63) is 18.0 Å². The van der Waals surface area contributed by atoms with Crippen molar-refractivity contribution in [3.8, 4) is 0 Å². The van der Waals surface area contributed by atoms with Gasteiger partial charge in [-0.25, -0.2) is 0 Å². The Morgan fingerprint density at radius 1 is 1.47 bits per heavy atom. The third-order valence-electron chi connectivity index (χ3n) is 4.17. The Kier molecular flexibility index (Phi) is 5.40. The van der Waals surface area contributed by atoms with Crippen LogP contribution in [-0.2, 0) is 6.54 Å². The van der Waals surface area contributed by atoms with Crippen molar-refractivity contribution in [1.82, 2.24) is 14.7 Å². The smallest absolute Gasteiger partial charge is 0.0764 e. The number of nitrogens with two attached hydrogens (primary N) is 1. The van der Waals surface area contributed by atoms with Crippen molar-refractivity contribution < 1.29 is 0 Å². The second-order valence-electron chi connectivity index (χ2n) is 5.89. The first-order valence-electron chi connectivity index (χ1n) is 7.69. The number of aromatic nitrogens is 2. The Hall–Kier alpha value is -0.870. The monoisotopic (exact) mass is 264 g/mol. The summed E-state index contributed by atoms with van der Waals surface area (Å²) in [4.78, 5) is 2.43. The lowest BCUT2D eigenvalue weighted by Crippen LogP contribution is -2.31. The maximum Gasteiger partial charge on any atom is 0.0764 e. The standard InChI is InChI=1S/C15H28N4/c1-3-18(11-13(2)10-16)12-14-8-9-19(17-14)15-6-4-5-7-15/h8-9,13,15H,3-7,10-12,16H2,1-2H3. The van der Waals surface area contributed by atoms with E-state index in [1.165, 1.54) is 31.4 Å². The lowest BCUT2D eigenvalue weighted by Gasteiger charge is -2.22. The van der Waals surface area contributed by atoms with Gasteiger partial charge in [-0.2, -0.15) is 5.10 Å². The van der Waals surface area contributed by atoms with Gasteiger partial charge < -0.3 is 5.73 Å². The third kappa shape index (κ3) is 4.05. The van der Waals surface area contributed by atoms with Crippen LogP contribution in [0.4, 0.5) is 0 Å². The van der Waals surface area contributed by atoms with E-state index in [1.54, 1.807) is 0 Å². The summed E-state index contributed by atoms with van der Waals surface area (Å²) in [6, 6.07) is 2.82. The zero-order valence-corrected chi connectivity index (χ0v) is 12.4. The first kappa shape index (κ1) is 14.5. The van der Waals surface area contributed by atoms with Gasteiger partial charge in [0.2, 0.25) is 0 Å². The highest BCUT2D eigenvalue weighted by atomic mass is 15.3. The van der Waals surface area contributed by atoms with Crippen molar-refractivity contribution in [2.75, 3.05) is 19.6 Å². The molecule has 19 heavy (non-hydrogen) atoms. The van der Waals surface area contributed by atoms with Crippen molar-refractivity contribution in [3.63, 3.8) is 0 Å². The summed E-state index contributed by atoms with van der Waals surface area (Å²) in [6.45, 7) is 8.23. The minimum absolute atomic E-state index is 0.553. The van der Waals surface area contributed by atoms with E-state index in [1.807, 2.05) is 0 Å². The molecular weight excluding hydrogens is 236 g/mol. The van der Waals surface area contributed by atoms with Crippen LogP contribution < -0.4 is 5.73 Å². The molecule has 4 heteroatoms. The average molecular weight is 264 g/mol. The fourth-order valence-corrected chi connectivity index (χ4v) is 2.88. The first-order chi connectivity index (χ1) is 9.22. The molecule has 0 saturated heterocycles. The predicted molar refractivity (Wildman–Crippen MR) is 78.9 cm³/mol. The Balaban J connectivity index is 1.90. The van der Waals surface area contributed by atoms with E-state index < -0.39 is 0 Å². The first-order valence-corrected chi connectivity index (χ1v) is 7.69. The Morgan fingerprint density at radius 3 is 2.84 bits per heavy atom. The van der Waals surface area contributed by atoms with Gasteiger partial charge in [0.1, 0.15) is 0 Å². The second-order valence-corrected chi connectivity index (χ2v) is 5.89. The highest BCUT2D eigenvalue weighted by Gasteiger charge is 2.18. The van der Waals surface area contributed by atoms with Gasteiger partial charge in [0.15, 0.2) is 0 Å². The summed E-state index contributed by atoms with van der Waals surface area (Å²) in [5.74, 6) is 0.553. The molecule has 1 aromatic heterocycles. The molecule has 1 atom stereocenters. The highest BCUT2D eigenvalue weighted by Crippen LogP contribution is 2.28. The van der Waals surface area contributed by atoms with Gasteiger partial charge in [-0.05, 0) is 37.9 Å². The van der Waals surface area contributed by atoms with Gasteiger partial charge in [-0.1, -0.05) is 26.7 Å². The summed E-state index contributed by atoms with van der Waals surface area (Å²) in [5, 5.41) is 4.76. The molecular formula is C15H28N4. The maximum absolute atomic E-state index is 5.71. The molecule has 2 N–H and O–H groups in total. The van der Waals surface area contributed by atoms with E-state index in [-0.39, 0.29) is 0 Å².